The lowest BCUT2D eigenvalue weighted by Gasteiger charge is -2.20. The molecule has 1 saturated carbocycles. The number of hydrogen-bond donors (Lipinski definition) is 1. The highest BCUT2D eigenvalue weighted by molar-refractivity contribution is 5.04. The topological polar surface area (TPSA) is 15.8 Å². The fourth-order valence-electron chi connectivity index (χ4n) is 2.20. The summed E-state index contributed by atoms with van der Waals surface area (Å²) in [6.45, 7) is 0. The smallest absolute Gasteiger partial charge is 0.0149 e. The molecule has 2 rings (SSSR count). The van der Waals surface area contributed by atoms with Gasteiger partial charge >= 0.3 is 0 Å². The summed E-state index contributed by atoms with van der Waals surface area (Å²) in [7, 11) is 0. The van der Waals surface area contributed by atoms with Crippen molar-refractivity contribution in [3.63, 3.8) is 0 Å². The van der Waals surface area contributed by atoms with Gasteiger partial charge in [-0.2, -0.15) is 0 Å². The lowest BCUT2D eigenvalue weighted by atomic mass is 9.86. The van der Waals surface area contributed by atoms with Gasteiger partial charge in [-0.3, -0.25) is 0 Å². The van der Waals surface area contributed by atoms with E-state index in [1.165, 1.54) is 44.2 Å². The zero-order valence-electron chi connectivity index (χ0n) is 7.55. The van der Waals surface area contributed by atoms with Crippen LogP contribution in [0.5, 0.6) is 0 Å². The maximum atomic E-state index is 3.28. The third-order valence-corrected chi connectivity index (χ3v) is 2.90. The summed E-state index contributed by atoms with van der Waals surface area (Å²) in [6, 6.07) is 4.30. The Labute approximate surface area is 74.2 Å². The van der Waals surface area contributed by atoms with Gasteiger partial charge < -0.3 is 4.98 Å². The number of rotatable bonds is 2. The summed E-state index contributed by atoms with van der Waals surface area (Å²) in [5, 5.41) is 0. The second-order valence-corrected chi connectivity index (χ2v) is 3.90. The first-order chi connectivity index (χ1) is 5.95. The molecule has 1 N–H and O–H groups in total. The fraction of sp³-hybridized carbons (Fsp3) is 0.636. The van der Waals surface area contributed by atoms with E-state index in [1.54, 1.807) is 0 Å². The van der Waals surface area contributed by atoms with Crippen molar-refractivity contribution in [3.8, 4) is 0 Å². The van der Waals surface area contributed by atoms with Crippen molar-refractivity contribution in [2.45, 2.75) is 38.5 Å². The molecule has 66 valence electrons. The predicted molar refractivity (Wildman–Crippen MR) is 51.1 cm³/mol. The first-order valence-corrected chi connectivity index (χ1v) is 5.07. The van der Waals surface area contributed by atoms with E-state index < -0.39 is 0 Å². The van der Waals surface area contributed by atoms with Crippen molar-refractivity contribution >= 4 is 0 Å². The molecule has 1 nitrogen and oxygen atoms in total. The number of aromatic amines is 1. The minimum absolute atomic E-state index is 0.956. The van der Waals surface area contributed by atoms with Gasteiger partial charge in [-0.05, 0) is 24.5 Å². The van der Waals surface area contributed by atoms with Gasteiger partial charge in [-0.15, -0.1) is 0 Å². The van der Waals surface area contributed by atoms with Gasteiger partial charge in [-0.25, -0.2) is 0 Å². The molecule has 1 fully saturated rings. The van der Waals surface area contributed by atoms with E-state index in [9.17, 15) is 0 Å². The average Bonchev–Trinajstić information content (AvgIpc) is 2.59. The first-order valence-electron chi connectivity index (χ1n) is 5.07. The molecule has 0 radical (unpaired) electrons. The van der Waals surface area contributed by atoms with Crippen LogP contribution in [0.4, 0.5) is 0 Å². The van der Waals surface area contributed by atoms with Crippen LogP contribution in [0.25, 0.3) is 0 Å². The third-order valence-electron chi connectivity index (χ3n) is 2.90. The Bertz CT molecular complexity index is 207. The molecule has 1 heteroatoms. The Morgan fingerprint density at radius 2 is 2.08 bits per heavy atom. The summed E-state index contributed by atoms with van der Waals surface area (Å²) >= 11 is 0. The highest BCUT2D eigenvalue weighted by Crippen LogP contribution is 2.26. The van der Waals surface area contributed by atoms with E-state index in [4.69, 9.17) is 0 Å². The van der Waals surface area contributed by atoms with Crippen molar-refractivity contribution in [2.24, 2.45) is 5.92 Å². The Morgan fingerprint density at radius 1 is 1.25 bits per heavy atom. The Hall–Kier alpha value is -0.720. The molecule has 0 aliphatic heterocycles. The van der Waals surface area contributed by atoms with Crippen LogP contribution in [0.2, 0.25) is 0 Å². The lowest BCUT2D eigenvalue weighted by molar-refractivity contribution is 0.354. The second kappa shape index (κ2) is 3.79. The van der Waals surface area contributed by atoms with Gasteiger partial charge in [0, 0.05) is 11.9 Å². The van der Waals surface area contributed by atoms with E-state index >= 15 is 0 Å². The lowest BCUT2D eigenvalue weighted by Crippen LogP contribution is -2.09. The number of H-pyrrole nitrogens is 1. The molecule has 0 aromatic carbocycles. The van der Waals surface area contributed by atoms with Crippen LogP contribution in [0.3, 0.4) is 0 Å². The van der Waals surface area contributed by atoms with Crippen molar-refractivity contribution in [3.05, 3.63) is 24.0 Å². The van der Waals surface area contributed by atoms with Crippen molar-refractivity contribution < 1.29 is 0 Å². The summed E-state index contributed by atoms with van der Waals surface area (Å²) in [6.07, 6.45) is 10.5. The van der Waals surface area contributed by atoms with Gasteiger partial charge in [0.25, 0.3) is 0 Å². The molecule has 0 unspecified atom stereocenters. The molecule has 0 spiro atoms. The van der Waals surface area contributed by atoms with Crippen LogP contribution in [0.15, 0.2) is 18.3 Å². The van der Waals surface area contributed by atoms with Crippen LogP contribution < -0.4 is 0 Å². The van der Waals surface area contributed by atoms with Gasteiger partial charge in [0.2, 0.25) is 0 Å². The van der Waals surface area contributed by atoms with Crippen LogP contribution in [0.1, 0.15) is 37.8 Å². The average molecular weight is 163 g/mol. The quantitative estimate of drug-likeness (QED) is 0.689. The number of hydrogen-bond acceptors (Lipinski definition) is 0. The minimum Gasteiger partial charge on any atom is -0.365 e. The summed E-state index contributed by atoms with van der Waals surface area (Å²) in [5.41, 5.74) is 1.42. The Kier molecular flexibility index (Phi) is 2.50. The van der Waals surface area contributed by atoms with Crippen LogP contribution in [-0.4, -0.2) is 4.98 Å². The SMILES string of the molecule is c1c[nH]c(CC2CCCCC2)c1. The molecule has 0 saturated heterocycles. The molecule has 0 bridgehead atoms. The predicted octanol–water partition coefficient (Wildman–Crippen LogP) is 3.14. The molecule has 12 heavy (non-hydrogen) atoms. The van der Waals surface area contributed by atoms with Crippen molar-refractivity contribution in [2.75, 3.05) is 0 Å². The highest BCUT2D eigenvalue weighted by atomic mass is 14.7. The highest BCUT2D eigenvalue weighted by Gasteiger charge is 2.13. The van der Waals surface area contributed by atoms with E-state index in [0.29, 0.717) is 0 Å². The van der Waals surface area contributed by atoms with Crippen molar-refractivity contribution in [1.82, 2.24) is 4.98 Å². The van der Waals surface area contributed by atoms with Gasteiger partial charge in [0.15, 0.2) is 0 Å². The molecular formula is C11H17N. The Morgan fingerprint density at radius 3 is 2.75 bits per heavy atom. The second-order valence-electron chi connectivity index (χ2n) is 3.90. The zero-order chi connectivity index (χ0) is 8.23. The van der Waals surface area contributed by atoms with E-state index in [2.05, 4.69) is 17.1 Å². The number of aromatic nitrogens is 1. The zero-order valence-corrected chi connectivity index (χ0v) is 7.55. The first kappa shape index (κ1) is 7.90. The molecule has 1 heterocycles. The third kappa shape index (κ3) is 1.90. The molecule has 0 atom stereocenters. The van der Waals surface area contributed by atoms with E-state index in [0.717, 1.165) is 5.92 Å². The van der Waals surface area contributed by atoms with Crippen molar-refractivity contribution in [1.29, 1.82) is 0 Å². The summed E-state index contributed by atoms with van der Waals surface area (Å²) in [5.74, 6) is 0.956. The molecule has 0 amide bonds. The molecular weight excluding hydrogens is 146 g/mol. The largest absolute Gasteiger partial charge is 0.365 e. The van der Waals surface area contributed by atoms with Crippen LogP contribution in [0, 0.1) is 5.92 Å². The fourth-order valence-corrected chi connectivity index (χ4v) is 2.20. The summed E-state index contributed by atoms with van der Waals surface area (Å²) < 4.78 is 0. The molecule has 1 aromatic rings. The van der Waals surface area contributed by atoms with E-state index in [1.807, 2.05) is 6.20 Å². The summed E-state index contributed by atoms with van der Waals surface area (Å²) in [4.78, 5) is 3.28. The molecule has 1 aliphatic carbocycles. The maximum Gasteiger partial charge on any atom is 0.0149 e. The number of nitrogens with one attached hydrogen (secondary N) is 1. The van der Waals surface area contributed by atoms with Gasteiger partial charge in [0.05, 0.1) is 0 Å². The van der Waals surface area contributed by atoms with Crippen LogP contribution in [-0.2, 0) is 6.42 Å². The van der Waals surface area contributed by atoms with E-state index in [-0.39, 0.29) is 0 Å². The monoisotopic (exact) mass is 163 g/mol. The standard InChI is InChI=1S/C11H17N/c1-2-5-10(6-3-1)9-11-7-4-8-12-11/h4,7-8,10,12H,1-3,5-6,9H2. The van der Waals surface area contributed by atoms with Crippen LogP contribution >= 0.6 is 0 Å². The molecule has 1 aromatic heterocycles. The normalized spacial score (nSPS) is 19.7. The maximum absolute atomic E-state index is 3.28. The Balaban J connectivity index is 1.86. The van der Waals surface area contributed by atoms with Gasteiger partial charge in [-0.1, -0.05) is 32.1 Å². The minimum atomic E-state index is 0.956. The van der Waals surface area contributed by atoms with Gasteiger partial charge in [0.1, 0.15) is 0 Å². The molecule has 1 aliphatic rings.